The first kappa shape index (κ1) is 45.3. The molecule has 0 saturated carbocycles. The molecule has 0 unspecified atom stereocenters. The van der Waals surface area contributed by atoms with Gasteiger partial charge in [-0.15, -0.1) is 0 Å². The summed E-state index contributed by atoms with van der Waals surface area (Å²) in [4.78, 5) is 46.0. The molecule has 7 heteroatoms. The summed E-state index contributed by atoms with van der Waals surface area (Å²) in [6.07, 6.45) is 2.73. The second-order valence-electron chi connectivity index (χ2n) is 16.3. The van der Waals surface area contributed by atoms with Gasteiger partial charge in [0.05, 0.1) is 6.42 Å². The largest absolute Gasteiger partial charge is 0.512 e. The van der Waals surface area contributed by atoms with E-state index in [1.54, 1.807) is 0 Å². The molecule has 0 saturated heterocycles. The van der Waals surface area contributed by atoms with Crippen LogP contribution in [0.1, 0.15) is 131 Å². The minimum atomic E-state index is -0.417. The van der Waals surface area contributed by atoms with Gasteiger partial charge in [0, 0.05) is 61.7 Å². The van der Waals surface area contributed by atoms with E-state index in [0.717, 1.165) is 0 Å². The van der Waals surface area contributed by atoms with Gasteiger partial charge in [-0.25, -0.2) is 0 Å². The topological polar surface area (TPSA) is 109 Å². The molecule has 0 aromatic rings. The Labute approximate surface area is 256 Å². The van der Waals surface area contributed by atoms with Crippen LogP contribution in [0.15, 0.2) is 23.7 Å². The summed E-state index contributed by atoms with van der Waals surface area (Å²) < 4.78 is 0. The number of hydrogen-bond acceptors (Lipinski definition) is 6. The summed E-state index contributed by atoms with van der Waals surface area (Å²) in [5.41, 5.74) is -2.33. The van der Waals surface area contributed by atoms with E-state index in [0.29, 0.717) is 0 Å². The third-order valence-electron chi connectivity index (χ3n) is 5.55. The Balaban J connectivity index is -0.000000240. The van der Waals surface area contributed by atoms with Crippen molar-refractivity contribution in [2.24, 2.45) is 32.5 Å². The number of carbonyl (C=O) groups excluding carboxylic acids is 4. The number of hydrogen-bond donors (Lipinski definition) is 2. The molecule has 0 heterocycles. The molecule has 6 nitrogen and oxygen atoms in total. The molecule has 0 aliphatic carbocycles. The van der Waals surface area contributed by atoms with E-state index < -0.39 is 21.7 Å². The number of Topliss-reactive ketones (excluding diaryl/α,β-unsaturated/α-hetero) is 2. The quantitative estimate of drug-likeness (QED) is 0.143. The second-order valence-corrected chi connectivity index (χ2v) is 16.3. The molecule has 0 aromatic carbocycles. The van der Waals surface area contributed by atoms with Crippen LogP contribution in [0.4, 0.5) is 0 Å². The van der Waals surface area contributed by atoms with Crippen LogP contribution in [0.2, 0.25) is 0 Å². The van der Waals surface area contributed by atoms with E-state index in [-0.39, 0.29) is 69.0 Å². The fraction of sp³-hybridized carbons (Fsp3) is 0.758. The van der Waals surface area contributed by atoms with E-state index in [4.69, 9.17) is 0 Å². The van der Waals surface area contributed by atoms with Crippen molar-refractivity contribution in [3.8, 4) is 0 Å². The number of aliphatic hydroxyl groups excluding tert-OH is 2. The summed E-state index contributed by atoms with van der Waals surface area (Å²) in [6, 6.07) is 0. The molecule has 40 heavy (non-hydrogen) atoms. The molecule has 0 radical (unpaired) electrons. The van der Waals surface area contributed by atoms with E-state index in [2.05, 4.69) is 0 Å². The first-order valence-electron chi connectivity index (χ1n) is 13.6. The Morgan fingerprint density at radius 3 is 0.750 bits per heavy atom. The molecule has 0 aliphatic heterocycles. The van der Waals surface area contributed by atoms with Crippen LogP contribution < -0.4 is 0 Å². The fourth-order valence-electron chi connectivity index (χ4n) is 1.79. The van der Waals surface area contributed by atoms with E-state index in [9.17, 15) is 29.4 Å². The van der Waals surface area contributed by atoms with Gasteiger partial charge in [-0.3, -0.25) is 19.2 Å². The molecular weight excluding hydrogens is 548 g/mol. The molecule has 0 amide bonds. The zero-order valence-electron chi connectivity index (χ0n) is 28.7. The van der Waals surface area contributed by atoms with Gasteiger partial charge in [-0.05, 0) is 0 Å². The SMILES string of the molecule is CC(C)(C)C(=O)C=C(O)C(C)(C)C.CC(C)(C)C(=O)C=C(O)C(C)(C)C.CC(C)(C)C(=O)CC(=O)C(C)(C)C.[Fe]. The number of ketones is 4. The van der Waals surface area contributed by atoms with Crippen molar-refractivity contribution in [1.29, 1.82) is 0 Å². The Morgan fingerprint density at radius 2 is 0.625 bits per heavy atom. The molecule has 0 bridgehead atoms. The molecule has 0 atom stereocenters. The van der Waals surface area contributed by atoms with Gasteiger partial charge in [-0.1, -0.05) is 125 Å². The number of carbonyl (C=O) groups is 4. The van der Waals surface area contributed by atoms with Crippen molar-refractivity contribution in [3.05, 3.63) is 23.7 Å². The Hall–Kier alpha value is -1.72. The van der Waals surface area contributed by atoms with Crippen molar-refractivity contribution < 1.29 is 46.5 Å². The predicted octanol–water partition coefficient (Wildman–Crippen LogP) is 8.78. The fourth-order valence-corrected chi connectivity index (χ4v) is 1.79. The van der Waals surface area contributed by atoms with Gasteiger partial charge < -0.3 is 10.2 Å². The summed E-state index contributed by atoms with van der Waals surface area (Å²) in [5.74, 6) is 0.250. The first-order valence-corrected chi connectivity index (χ1v) is 13.6. The molecule has 0 rings (SSSR count). The zero-order valence-corrected chi connectivity index (χ0v) is 29.8. The second kappa shape index (κ2) is 16.1. The minimum absolute atomic E-state index is 0. The van der Waals surface area contributed by atoms with Gasteiger partial charge in [0.2, 0.25) is 0 Å². The van der Waals surface area contributed by atoms with E-state index >= 15 is 0 Å². The minimum Gasteiger partial charge on any atom is -0.512 e. The molecule has 2 N–H and O–H groups in total. The summed E-state index contributed by atoms with van der Waals surface area (Å²) in [6.45, 7) is 33.3. The summed E-state index contributed by atoms with van der Waals surface area (Å²) in [5, 5.41) is 19.1. The van der Waals surface area contributed by atoms with Crippen LogP contribution in [-0.2, 0) is 36.2 Å². The standard InChI is InChI=1S/3C11H20O2.Fe/c3*1-10(2,3)8(12)7-9(13)11(4,5)6;/h7H2,1-6H3;2*7,12H,1-6H3;. The van der Waals surface area contributed by atoms with Gasteiger partial charge in [0.1, 0.15) is 23.1 Å². The van der Waals surface area contributed by atoms with Crippen molar-refractivity contribution in [3.63, 3.8) is 0 Å². The average molecular weight is 609 g/mol. The number of allylic oxidation sites excluding steroid dienone is 4. The van der Waals surface area contributed by atoms with E-state index in [1.165, 1.54) is 12.2 Å². The smallest absolute Gasteiger partial charge is 0.164 e. The summed E-state index contributed by atoms with van der Waals surface area (Å²) in [7, 11) is 0. The van der Waals surface area contributed by atoms with Gasteiger partial charge in [-0.2, -0.15) is 0 Å². The molecule has 236 valence electrons. The van der Waals surface area contributed by atoms with Gasteiger partial charge in [0.15, 0.2) is 11.6 Å². The zero-order chi connectivity index (χ0) is 32.6. The monoisotopic (exact) mass is 608 g/mol. The Morgan fingerprint density at radius 1 is 0.425 bits per heavy atom. The van der Waals surface area contributed by atoms with Crippen LogP contribution in [0.5, 0.6) is 0 Å². The molecule has 0 fully saturated rings. The third kappa shape index (κ3) is 21.1. The van der Waals surface area contributed by atoms with Gasteiger partial charge in [0.25, 0.3) is 0 Å². The van der Waals surface area contributed by atoms with Crippen LogP contribution in [0.25, 0.3) is 0 Å². The average Bonchev–Trinajstić information content (AvgIpc) is 2.64. The maximum absolute atomic E-state index is 11.5. The van der Waals surface area contributed by atoms with Crippen LogP contribution in [-0.4, -0.2) is 33.3 Å². The van der Waals surface area contributed by atoms with E-state index in [1.807, 2.05) is 125 Å². The van der Waals surface area contributed by atoms with Crippen LogP contribution in [0.3, 0.4) is 0 Å². The van der Waals surface area contributed by atoms with Crippen LogP contribution >= 0.6 is 0 Å². The maximum Gasteiger partial charge on any atom is 0.164 e. The molecule has 0 aromatic heterocycles. The van der Waals surface area contributed by atoms with Crippen LogP contribution in [0, 0.1) is 32.5 Å². The van der Waals surface area contributed by atoms with Crippen molar-refractivity contribution in [2.75, 3.05) is 0 Å². The normalized spacial score (nSPS) is 13.6. The molecular formula is C33H60FeO6. The first-order chi connectivity index (χ1) is 16.6. The van der Waals surface area contributed by atoms with Crippen molar-refractivity contribution in [1.82, 2.24) is 0 Å². The number of aliphatic hydroxyl groups is 2. The Bertz CT molecular complexity index is 835. The third-order valence-corrected chi connectivity index (χ3v) is 5.55. The van der Waals surface area contributed by atoms with Crippen molar-refractivity contribution in [2.45, 2.75) is 131 Å². The predicted molar refractivity (Wildman–Crippen MR) is 163 cm³/mol. The van der Waals surface area contributed by atoms with Gasteiger partial charge >= 0.3 is 0 Å². The van der Waals surface area contributed by atoms with Crippen molar-refractivity contribution >= 4 is 23.1 Å². The molecule has 0 aliphatic rings. The molecule has 0 spiro atoms. The summed E-state index contributed by atoms with van der Waals surface area (Å²) >= 11 is 0. The maximum atomic E-state index is 11.5. The number of rotatable bonds is 4. The Kier molecular flexibility index (Phi) is 18.2.